The fraction of sp³-hybridized carbons (Fsp3) is 0.556. The lowest BCUT2D eigenvalue weighted by molar-refractivity contribution is -0.120. The predicted octanol–water partition coefficient (Wildman–Crippen LogP) is 5.32. The molecule has 0 aliphatic rings. The lowest BCUT2D eigenvalue weighted by atomic mass is 9.93. The minimum absolute atomic E-state index is 0.0117. The number of carbonyl (C=O) groups is 1. The van der Waals surface area contributed by atoms with E-state index in [1.807, 2.05) is 69.6 Å². The third kappa shape index (κ3) is 5.80. The summed E-state index contributed by atoms with van der Waals surface area (Å²) in [4.78, 5) is 16.1. The molecule has 2 atom stereocenters. The summed E-state index contributed by atoms with van der Waals surface area (Å²) >= 11 is 5.57. The van der Waals surface area contributed by atoms with E-state index in [1.54, 1.807) is 0 Å². The Labute approximate surface area is 139 Å². The molecule has 0 amide bonds. The predicted molar refractivity (Wildman–Crippen MR) is 95.8 cm³/mol. The molecule has 3 nitrogen and oxygen atoms in total. The van der Waals surface area contributed by atoms with Crippen LogP contribution in [0.1, 0.15) is 59.6 Å². The molecule has 4 heteroatoms. The van der Waals surface area contributed by atoms with Crippen molar-refractivity contribution in [3.05, 3.63) is 36.3 Å². The number of Topliss-reactive ketones (excluding diaryl/α,β-unsaturated/α-hetero) is 1. The van der Waals surface area contributed by atoms with Crippen molar-refractivity contribution in [2.24, 2.45) is 5.92 Å². The maximum atomic E-state index is 11.5. The molecule has 0 radical (unpaired) electrons. The van der Waals surface area contributed by atoms with Crippen LogP contribution in [0.5, 0.6) is 0 Å². The molecular weight excluding hydrogens is 296 g/mol. The van der Waals surface area contributed by atoms with Crippen molar-refractivity contribution in [2.75, 3.05) is 5.88 Å². The molecule has 2 rings (SSSR count). The Bertz CT molecular complexity index is 518. The first-order chi connectivity index (χ1) is 10.6. The fourth-order valence-corrected chi connectivity index (χ4v) is 2.37. The molecule has 22 heavy (non-hydrogen) atoms. The van der Waals surface area contributed by atoms with Crippen LogP contribution in [0.2, 0.25) is 0 Å². The van der Waals surface area contributed by atoms with E-state index < -0.39 is 0 Å². The molecule has 2 aromatic rings. The summed E-state index contributed by atoms with van der Waals surface area (Å²) < 4.78 is 2.00. The van der Waals surface area contributed by atoms with Crippen LogP contribution in [0.15, 0.2) is 30.6 Å². The van der Waals surface area contributed by atoms with E-state index in [1.165, 1.54) is 0 Å². The summed E-state index contributed by atoms with van der Waals surface area (Å²) in [7, 11) is 0. The summed E-state index contributed by atoms with van der Waals surface area (Å²) in [5.41, 5.74) is 1.96. The smallest absolute Gasteiger partial charge is 0.150 e. The number of carbonyl (C=O) groups excluding carboxylic acids is 1. The van der Waals surface area contributed by atoms with E-state index in [4.69, 9.17) is 11.6 Å². The van der Waals surface area contributed by atoms with E-state index in [0.29, 0.717) is 0 Å². The van der Waals surface area contributed by atoms with Gasteiger partial charge in [0.15, 0.2) is 0 Å². The molecule has 2 aromatic heterocycles. The number of imidazole rings is 1. The molecule has 0 aromatic carbocycles. The molecule has 124 valence electrons. The Morgan fingerprint density at radius 3 is 2.41 bits per heavy atom. The monoisotopic (exact) mass is 324 g/mol. The first kappa shape index (κ1) is 20.6. The van der Waals surface area contributed by atoms with E-state index in [-0.39, 0.29) is 23.5 Å². The van der Waals surface area contributed by atoms with Gasteiger partial charge in [-0.3, -0.25) is 4.79 Å². The zero-order valence-corrected chi connectivity index (χ0v) is 15.4. The van der Waals surface area contributed by atoms with Crippen molar-refractivity contribution in [3.63, 3.8) is 0 Å². The van der Waals surface area contributed by atoms with Gasteiger partial charge in [0.1, 0.15) is 11.4 Å². The number of pyridine rings is 1. The van der Waals surface area contributed by atoms with Crippen LogP contribution in [0.4, 0.5) is 0 Å². The standard InChI is InChI=1S/C14H17ClN2O.2C2H6/c1-10(7-11(2)13(18)8-15)12-9-17-6-4-3-5-14(17)16-12;2*1-2/h3-6,9-11H,7-8H2,1-2H3;2*1-2H3. The van der Waals surface area contributed by atoms with Crippen LogP contribution in [-0.4, -0.2) is 21.0 Å². The van der Waals surface area contributed by atoms with Gasteiger partial charge in [-0.15, -0.1) is 11.6 Å². The fourth-order valence-electron chi connectivity index (χ4n) is 2.11. The van der Waals surface area contributed by atoms with Crippen molar-refractivity contribution in [3.8, 4) is 0 Å². The highest BCUT2D eigenvalue weighted by Crippen LogP contribution is 2.23. The number of ketones is 1. The van der Waals surface area contributed by atoms with E-state index in [9.17, 15) is 4.79 Å². The molecule has 2 unspecified atom stereocenters. The van der Waals surface area contributed by atoms with E-state index in [2.05, 4.69) is 11.9 Å². The number of alkyl halides is 1. The van der Waals surface area contributed by atoms with Crippen molar-refractivity contribution in [2.45, 2.75) is 53.9 Å². The average molecular weight is 325 g/mol. The third-order valence-corrected chi connectivity index (χ3v) is 3.54. The lowest BCUT2D eigenvalue weighted by Crippen LogP contribution is -2.14. The molecule has 0 bridgehead atoms. The van der Waals surface area contributed by atoms with Gasteiger partial charge < -0.3 is 4.40 Å². The zero-order valence-electron chi connectivity index (χ0n) is 14.6. The Balaban J connectivity index is 0.00000102. The number of rotatable bonds is 5. The molecule has 0 spiro atoms. The summed E-state index contributed by atoms with van der Waals surface area (Å²) in [5.74, 6) is 0.445. The second kappa shape index (κ2) is 11.2. The van der Waals surface area contributed by atoms with Gasteiger partial charge in [-0.1, -0.05) is 47.6 Å². The van der Waals surface area contributed by atoms with Crippen molar-refractivity contribution >= 4 is 23.0 Å². The molecule has 0 fully saturated rings. The maximum absolute atomic E-state index is 11.5. The Kier molecular flexibility index (Phi) is 10.6. The number of hydrogen-bond donors (Lipinski definition) is 0. The minimum atomic E-state index is -0.0117. The highest BCUT2D eigenvalue weighted by Gasteiger charge is 2.18. The summed E-state index contributed by atoms with van der Waals surface area (Å²) in [6, 6.07) is 5.92. The summed E-state index contributed by atoms with van der Waals surface area (Å²) in [5, 5.41) is 0. The van der Waals surface area contributed by atoms with Crippen LogP contribution < -0.4 is 0 Å². The largest absolute Gasteiger partial charge is 0.307 e. The first-order valence-corrected chi connectivity index (χ1v) is 8.67. The molecule has 2 heterocycles. The molecule has 0 saturated carbocycles. The number of halogens is 1. The Morgan fingerprint density at radius 1 is 1.23 bits per heavy atom. The highest BCUT2D eigenvalue weighted by molar-refractivity contribution is 6.27. The van der Waals surface area contributed by atoms with E-state index >= 15 is 0 Å². The Morgan fingerprint density at radius 2 is 1.86 bits per heavy atom. The van der Waals surface area contributed by atoms with Gasteiger partial charge in [0.05, 0.1) is 11.6 Å². The summed E-state index contributed by atoms with van der Waals surface area (Å²) in [6.07, 6.45) is 4.79. The van der Waals surface area contributed by atoms with Gasteiger partial charge in [-0.25, -0.2) is 4.98 Å². The molecule has 0 aliphatic carbocycles. The molecule has 0 saturated heterocycles. The number of nitrogens with zero attached hydrogens (tertiary/aromatic N) is 2. The second-order valence-corrected chi connectivity index (χ2v) is 5.04. The van der Waals surface area contributed by atoms with Crippen LogP contribution >= 0.6 is 11.6 Å². The van der Waals surface area contributed by atoms with Gasteiger partial charge >= 0.3 is 0 Å². The molecule has 0 aliphatic heterocycles. The van der Waals surface area contributed by atoms with Crippen LogP contribution in [-0.2, 0) is 4.79 Å². The quantitative estimate of drug-likeness (QED) is 0.697. The topological polar surface area (TPSA) is 34.4 Å². The number of aromatic nitrogens is 2. The van der Waals surface area contributed by atoms with Gasteiger partial charge in [-0.2, -0.15) is 0 Å². The number of hydrogen-bond acceptors (Lipinski definition) is 2. The average Bonchev–Trinajstić information content (AvgIpc) is 3.02. The normalized spacial score (nSPS) is 12.5. The highest BCUT2D eigenvalue weighted by atomic mass is 35.5. The summed E-state index contributed by atoms with van der Waals surface area (Å²) in [6.45, 7) is 12.0. The van der Waals surface area contributed by atoms with Gasteiger partial charge in [0, 0.05) is 24.2 Å². The zero-order chi connectivity index (χ0) is 17.1. The third-order valence-electron chi connectivity index (χ3n) is 3.28. The molecular formula is C18H29ClN2O. The lowest BCUT2D eigenvalue weighted by Gasteiger charge is -2.13. The van der Waals surface area contributed by atoms with E-state index in [0.717, 1.165) is 17.8 Å². The SMILES string of the molecule is CC.CC.CC(CC(C)c1cn2ccccc2n1)C(=O)CCl. The van der Waals surface area contributed by atoms with Crippen LogP contribution in [0.25, 0.3) is 5.65 Å². The van der Waals surface area contributed by atoms with Gasteiger partial charge in [0.25, 0.3) is 0 Å². The first-order valence-electron chi connectivity index (χ1n) is 8.14. The maximum Gasteiger partial charge on any atom is 0.150 e. The van der Waals surface area contributed by atoms with Crippen molar-refractivity contribution in [1.29, 1.82) is 0 Å². The van der Waals surface area contributed by atoms with Crippen molar-refractivity contribution < 1.29 is 4.79 Å². The molecule has 0 N–H and O–H groups in total. The Hall–Kier alpha value is -1.35. The minimum Gasteiger partial charge on any atom is -0.307 e. The van der Waals surface area contributed by atoms with Crippen LogP contribution in [0.3, 0.4) is 0 Å². The number of fused-ring (bicyclic) bond motifs is 1. The second-order valence-electron chi connectivity index (χ2n) is 4.77. The van der Waals surface area contributed by atoms with Crippen molar-refractivity contribution in [1.82, 2.24) is 9.38 Å². The van der Waals surface area contributed by atoms with Gasteiger partial charge in [0.2, 0.25) is 0 Å². The van der Waals surface area contributed by atoms with Crippen LogP contribution in [0, 0.1) is 5.92 Å². The van der Waals surface area contributed by atoms with Gasteiger partial charge in [-0.05, 0) is 18.6 Å².